The lowest BCUT2D eigenvalue weighted by Crippen LogP contribution is -2.40. The van der Waals surface area contributed by atoms with Gasteiger partial charge in [0.2, 0.25) is 5.91 Å². The molecular formula is C23H27N5O2. The first-order chi connectivity index (χ1) is 14.6. The summed E-state index contributed by atoms with van der Waals surface area (Å²) in [5.74, 6) is 0.553. The third-order valence-corrected chi connectivity index (χ3v) is 5.89. The third-order valence-electron chi connectivity index (χ3n) is 5.89. The fraction of sp³-hybridized carbons (Fsp3) is 0.391. The van der Waals surface area contributed by atoms with Gasteiger partial charge in [-0.3, -0.25) is 14.6 Å². The van der Waals surface area contributed by atoms with E-state index in [2.05, 4.69) is 15.3 Å². The van der Waals surface area contributed by atoms with Crippen molar-refractivity contribution in [3.8, 4) is 0 Å². The van der Waals surface area contributed by atoms with Crippen molar-refractivity contribution in [3.63, 3.8) is 0 Å². The molecule has 0 radical (unpaired) electrons. The van der Waals surface area contributed by atoms with E-state index in [1.54, 1.807) is 24.5 Å². The predicted molar refractivity (Wildman–Crippen MR) is 115 cm³/mol. The molecule has 156 valence electrons. The number of imidazole rings is 1. The van der Waals surface area contributed by atoms with Gasteiger partial charge >= 0.3 is 0 Å². The first-order valence-electron chi connectivity index (χ1n) is 10.5. The molecule has 7 heteroatoms. The number of pyridine rings is 1. The zero-order valence-corrected chi connectivity index (χ0v) is 17.3. The largest absolute Gasteiger partial charge is 0.345 e. The number of nitrogens with one attached hydrogen (secondary N) is 1. The fourth-order valence-corrected chi connectivity index (χ4v) is 4.12. The van der Waals surface area contributed by atoms with E-state index in [4.69, 9.17) is 0 Å². The molecule has 0 bridgehead atoms. The Balaban J connectivity index is 1.52. The van der Waals surface area contributed by atoms with Crippen LogP contribution in [0.15, 0.2) is 48.8 Å². The lowest BCUT2D eigenvalue weighted by atomic mass is 9.94. The smallest absolute Gasteiger partial charge is 0.251 e. The molecule has 1 aliphatic rings. The number of carbonyl (C=O) groups excluding carboxylic acids is 2. The summed E-state index contributed by atoms with van der Waals surface area (Å²) in [4.78, 5) is 36.0. The molecular weight excluding hydrogens is 378 g/mol. The van der Waals surface area contributed by atoms with Gasteiger partial charge in [0.15, 0.2) is 0 Å². The van der Waals surface area contributed by atoms with Gasteiger partial charge in [-0.05, 0) is 37.1 Å². The molecule has 1 saturated carbocycles. The van der Waals surface area contributed by atoms with Crippen LogP contribution in [0.5, 0.6) is 0 Å². The number of hydrogen-bond acceptors (Lipinski definition) is 4. The minimum atomic E-state index is -0.193. The third kappa shape index (κ3) is 4.35. The van der Waals surface area contributed by atoms with Crippen molar-refractivity contribution in [3.05, 3.63) is 60.2 Å². The number of carbonyl (C=O) groups is 2. The highest BCUT2D eigenvalue weighted by Crippen LogP contribution is 2.23. The molecule has 2 amide bonds. The average molecular weight is 406 g/mol. The Morgan fingerprint density at radius 3 is 2.60 bits per heavy atom. The number of hydrogen-bond donors (Lipinski definition) is 1. The van der Waals surface area contributed by atoms with Gasteiger partial charge in [-0.25, -0.2) is 4.98 Å². The number of para-hydroxylation sites is 2. The van der Waals surface area contributed by atoms with E-state index >= 15 is 0 Å². The number of fused-ring (bicyclic) bond motifs is 1. The van der Waals surface area contributed by atoms with Crippen LogP contribution in [0.1, 0.15) is 48.3 Å². The van der Waals surface area contributed by atoms with Crippen LogP contribution < -0.4 is 5.32 Å². The number of amides is 2. The number of nitrogens with zero attached hydrogens (tertiary/aromatic N) is 4. The number of likely N-dealkylation sites (N-methyl/N-ethyl adjacent to an activating group) is 1. The van der Waals surface area contributed by atoms with E-state index in [0.717, 1.165) is 23.9 Å². The highest BCUT2D eigenvalue weighted by atomic mass is 16.2. The van der Waals surface area contributed by atoms with Crippen molar-refractivity contribution in [1.82, 2.24) is 24.8 Å². The second kappa shape index (κ2) is 9.07. The maximum absolute atomic E-state index is 13.0. The lowest BCUT2D eigenvalue weighted by molar-refractivity contribution is -0.133. The first-order valence-corrected chi connectivity index (χ1v) is 10.5. The van der Waals surface area contributed by atoms with Crippen molar-refractivity contribution < 1.29 is 9.59 Å². The Kier molecular flexibility index (Phi) is 6.07. The van der Waals surface area contributed by atoms with E-state index in [0.29, 0.717) is 17.4 Å². The van der Waals surface area contributed by atoms with E-state index < -0.39 is 0 Å². The standard InChI is InChI=1S/C23H27N5O2/c1-27(18-7-3-2-4-8-18)22(29)16-28-20-10-6-5-9-19(20)26-21(28)15-25-23(30)17-11-13-24-14-12-17/h5-6,9-14,18H,2-4,7-8,15-16H2,1H3,(H,25,30). The van der Waals surface area contributed by atoms with Gasteiger partial charge in [0, 0.05) is 31.0 Å². The molecule has 7 nitrogen and oxygen atoms in total. The highest BCUT2D eigenvalue weighted by Gasteiger charge is 2.23. The zero-order valence-electron chi connectivity index (χ0n) is 17.3. The van der Waals surface area contributed by atoms with Crippen molar-refractivity contribution >= 4 is 22.8 Å². The molecule has 2 heterocycles. The van der Waals surface area contributed by atoms with Gasteiger partial charge in [-0.15, -0.1) is 0 Å². The minimum absolute atomic E-state index is 0.0757. The minimum Gasteiger partial charge on any atom is -0.345 e. The van der Waals surface area contributed by atoms with Crippen LogP contribution in [0, 0.1) is 0 Å². The monoisotopic (exact) mass is 405 g/mol. The molecule has 0 aliphatic heterocycles. The molecule has 1 aliphatic carbocycles. The van der Waals surface area contributed by atoms with Gasteiger partial charge < -0.3 is 14.8 Å². The molecule has 30 heavy (non-hydrogen) atoms. The van der Waals surface area contributed by atoms with Gasteiger partial charge in [0.05, 0.1) is 17.6 Å². The topological polar surface area (TPSA) is 80.1 Å². The Bertz CT molecular complexity index is 1020. The summed E-state index contributed by atoms with van der Waals surface area (Å²) in [5.41, 5.74) is 2.26. The maximum atomic E-state index is 13.0. The van der Waals surface area contributed by atoms with E-state index in [1.807, 2.05) is 40.8 Å². The van der Waals surface area contributed by atoms with Crippen LogP contribution in [0.3, 0.4) is 0 Å². The summed E-state index contributed by atoms with van der Waals surface area (Å²) >= 11 is 0. The van der Waals surface area contributed by atoms with Crippen LogP contribution in [-0.2, 0) is 17.9 Å². The van der Waals surface area contributed by atoms with Gasteiger partial charge in [0.25, 0.3) is 5.91 Å². The zero-order chi connectivity index (χ0) is 20.9. The molecule has 4 rings (SSSR count). The molecule has 0 unspecified atom stereocenters. The van der Waals surface area contributed by atoms with E-state index in [-0.39, 0.29) is 24.9 Å². The van der Waals surface area contributed by atoms with Crippen LogP contribution in [-0.4, -0.2) is 44.3 Å². The second-order valence-electron chi connectivity index (χ2n) is 7.82. The summed E-state index contributed by atoms with van der Waals surface area (Å²) < 4.78 is 1.92. The van der Waals surface area contributed by atoms with Crippen molar-refractivity contribution in [2.75, 3.05) is 7.05 Å². The van der Waals surface area contributed by atoms with Crippen LogP contribution >= 0.6 is 0 Å². The molecule has 1 aromatic carbocycles. The number of benzene rings is 1. The molecule has 1 fully saturated rings. The summed E-state index contributed by atoms with van der Waals surface area (Å²) in [6.07, 6.45) is 8.94. The summed E-state index contributed by atoms with van der Waals surface area (Å²) in [6.45, 7) is 0.463. The summed E-state index contributed by atoms with van der Waals surface area (Å²) in [7, 11) is 1.91. The Morgan fingerprint density at radius 1 is 1.10 bits per heavy atom. The average Bonchev–Trinajstić information content (AvgIpc) is 3.15. The van der Waals surface area contributed by atoms with Gasteiger partial charge in [-0.2, -0.15) is 0 Å². The molecule has 0 atom stereocenters. The number of aromatic nitrogens is 3. The normalized spacial score (nSPS) is 14.6. The lowest BCUT2D eigenvalue weighted by Gasteiger charge is -2.31. The molecule has 0 saturated heterocycles. The fourth-order valence-electron chi connectivity index (χ4n) is 4.12. The van der Waals surface area contributed by atoms with E-state index in [1.165, 1.54) is 19.3 Å². The quantitative estimate of drug-likeness (QED) is 0.683. The molecule has 2 aromatic heterocycles. The molecule has 1 N–H and O–H groups in total. The van der Waals surface area contributed by atoms with Crippen LogP contribution in [0.2, 0.25) is 0 Å². The predicted octanol–water partition coefficient (Wildman–Crippen LogP) is 3.15. The SMILES string of the molecule is CN(C(=O)Cn1c(CNC(=O)c2ccncc2)nc2ccccc21)C1CCCCC1. The Hall–Kier alpha value is -3.22. The van der Waals surface area contributed by atoms with Crippen molar-refractivity contribution in [2.24, 2.45) is 0 Å². The highest BCUT2D eigenvalue weighted by molar-refractivity contribution is 5.94. The number of rotatable bonds is 6. The molecule has 0 spiro atoms. The van der Waals surface area contributed by atoms with Crippen LogP contribution in [0.25, 0.3) is 11.0 Å². The first kappa shape index (κ1) is 20.1. The van der Waals surface area contributed by atoms with Crippen molar-refractivity contribution in [1.29, 1.82) is 0 Å². The van der Waals surface area contributed by atoms with Crippen molar-refractivity contribution in [2.45, 2.75) is 51.2 Å². The van der Waals surface area contributed by atoms with Gasteiger partial charge in [0.1, 0.15) is 12.4 Å². The van der Waals surface area contributed by atoms with Crippen LogP contribution in [0.4, 0.5) is 0 Å². The Labute approximate surface area is 176 Å². The van der Waals surface area contributed by atoms with E-state index in [9.17, 15) is 9.59 Å². The van der Waals surface area contributed by atoms with Gasteiger partial charge in [-0.1, -0.05) is 31.4 Å². The summed E-state index contributed by atoms with van der Waals surface area (Å²) in [6, 6.07) is 11.4. The molecule has 3 aromatic rings. The Morgan fingerprint density at radius 2 is 1.83 bits per heavy atom. The second-order valence-corrected chi connectivity index (χ2v) is 7.82. The maximum Gasteiger partial charge on any atom is 0.251 e. The summed E-state index contributed by atoms with van der Waals surface area (Å²) in [5, 5.41) is 2.91.